The first-order valence-corrected chi connectivity index (χ1v) is 8.25. The fourth-order valence-corrected chi connectivity index (χ4v) is 3.56. The Balaban J connectivity index is 0.00000182. The normalized spacial score (nSPS) is 13.2. The summed E-state index contributed by atoms with van der Waals surface area (Å²) in [5.74, 6) is -0.297. The van der Waals surface area contributed by atoms with Crippen molar-refractivity contribution in [3.8, 4) is 0 Å². The lowest BCUT2D eigenvalue weighted by Crippen LogP contribution is -2.25. The molecule has 0 aliphatic carbocycles. The number of esters is 1. The fourth-order valence-electron chi connectivity index (χ4n) is 3.56. The highest BCUT2D eigenvalue weighted by Crippen LogP contribution is 2.29. The lowest BCUT2D eigenvalue weighted by Gasteiger charge is -2.17. The van der Waals surface area contributed by atoms with Gasteiger partial charge in [-0.2, -0.15) is 0 Å². The van der Waals surface area contributed by atoms with E-state index in [2.05, 4.69) is 34.1 Å². The topological polar surface area (TPSA) is 43.3 Å². The predicted octanol–water partition coefficient (Wildman–Crippen LogP) is 3.54. The standard InChI is InChI=1S/C20H20N2O2.ClH/c1-24-20(23)15-8-6-14(7-9-15)13-22-18-5-3-2-4-16(18)17-10-11-21-12-19(17)22;/h2-9,21H,10-13H2,1H3;1H. The monoisotopic (exact) mass is 356 g/mol. The van der Waals surface area contributed by atoms with Crippen LogP contribution >= 0.6 is 12.4 Å². The number of carbonyl (C=O) groups is 1. The number of methoxy groups -OCH3 is 1. The summed E-state index contributed by atoms with van der Waals surface area (Å²) >= 11 is 0. The lowest BCUT2D eigenvalue weighted by molar-refractivity contribution is 0.0600. The molecule has 5 heteroatoms. The van der Waals surface area contributed by atoms with Gasteiger partial charge in [0.1, 0.15) is 0 Å². The summed E-state index contributed by atoms with van der Waals surface area (Å²) in [4.78, 5) is 11.6. The van der Waals surface area contributed by atoms with E-state index in [9.17, 15) is 4.79 Å². The molecule has 0 spiro atoms. The van der Waals surface area contributed by atoms with Crippen LogP contribution in [0.2, 0.25) is 0 Å². The van der Waals surface area contributed by atoms with E-state index in [0.29, 0.717) is 5.56 Å². The maximum Gasteiger partial charge on any atom is 0.337 e. The number of nitrogens with zero attached hydrogens (tertiary/aromatic N) is 1. The van der Waals surface area contributed by atoms with Crippen LogP contribution in [0.5, 0.6) is 0 Å². The molecule has 1 N–H and O–H groups in total. The van der Waals surface area contributed by atoms with E-state index in [1.807, 2.05) is 24.3 Å². The molecule has 0 saturated heterocycles. The minimum absolute atomic E-state index is 0. The van der Waals surface area contributed by atoms with E-state index < -0.39 is 0 Å². The summed E-state index contributed by atoms with van der Waals surface area (Å²) in [5.41, 5.74) is 5.89. The van der Waals surface area contributed by atoms with E-state index in [4.69, 9.17) is 4.74 Å². The third-order valence-electron chi connectivity index (χ3n) is 4.75. The number of fused-ring (bicyclic) bond motifs is 3. The number of hydrogen-bond acceptors (Lipinski definition) is 3. The molecule has 4 nitrogen and oxygen atoms in total. The molecule has 0 radical (unpaired) electrons. The van der Waals surface area contributed by atoms with Gasteiger partial charge < -0.3 is 14.6 Å². The zero-order chi connectivity index (χ0) is 16.5. The van der Waals surface area contributed by atoms with Gasteiger partial charge in [0.25, 0.3) is 0 Å². The summed E-state index contributed by atoms with van der Waals surface area (Å²) in [6.07, 6.45) is 1.07. The predicted molar refractivity (Wildman–Crippen MR) is 101 cm³/mol. The number of halogens is 1. The summed E-state index contributed by atoms with van der Waals surface area (Å²) in [6.45, 7) is 2.75. The Bertz CT molecular complexity index is 900. The van der Waals surface area contributed by atoms with Crippen LogP contribution in [-0.4, -0.2) is 24.2 Å². The van der Waals surface area contributed by atoms with Crippen LogP contribution in [0.1, 0.15) is 27.2 Å². The molecule has 2 aromatic carbocycles. The molecule has 1 aliphatic rings. The van der Waals surface area contributed by atoms with Crippen molar-refractivity contribution in [1.82, 2.24) is 9.88 Å². The molecule has 0 fully saturated rings. The van der Waals surface area contributed by atoms with Crippen molar-refractivity contribution in [3.63, 3.8) is 0 Å². The van der Waals surface area contributed by atoms with Crippen LogP contribution in [0.3, 0.4) is 0 Å². The second-order valence-corrected chi connectivity index (χ2v) is 6.14. The highest BCUT2D eigenvalue weighted by molar-refractivity contribution is 5.89. The van der Waals surface area contributed by atoms with Crippen LogP contribution in [0.15, 0.2) is 48.5 Å². The van der Waals surface area contributed by atoms with Crippen molar-refractivity contribution in [2.24, 2.45) is 0 Å². The van der Waals surface area contributed by atoms with E-state index in [0.717, 1.165) is 26.1 Å². The average Bonchev–Trinajstić information content (AvgIpc) is 2.96. The smallest absolute Gasteiger partial charge is 0.337 e. The van der Waals surface area contributed by atoms with Crippen molar-refractivity contribution >= 4 is 29.3 Å². The molecule has 1 aliphatic heterocycles. The van der Waals surface area contributed by atoms with Gasteiger partial charge in [-0.1, -0.05) is 30.3 Å². The third kappa shape index (κ3) is 3.15. The van der Waals surface area contributed by atoms with E-state index in [-0.39, 0.29) is 18.4 Å². The zero-order valence-electron chi connectivity index (χ0n) is 14.1. The number of aromatic nitrogens is 1. The lowest BCUT2D eigenvalue weighted by atomic mass is 10.0. The molecule has 0 bridgehead atoms. The van der Waals surface area contributed by atoms with Crippen molar-refractivity contribution in [2.75, 3.05) is 13.7 Å². The van der Waals surface area contributed by atoms with Crippen LogP contribution < -0.4 is 5.32 Å². The van der Waals surface area contributed by atoms with Gasteiger partial charge in [-0.25, -0.2) is 4.79 Å². The number of benzene rings is 2. The molecule has 1 aromatic heterocycles. The quantitative estimate of drug-likeness (QED) is 0.730. The molecule has 130 valence electrons. The summed E-state index contributed by atoms with van der Waals surface area (Å²) in [6, 6.07) is 16.3. The Labute approximate surface area is 153 Å². The van der Waals surface area contributed by atoms with Crippen LogP contribution in [-0.2, 0) is 24.2 Å². The van der Waals surface area contributed by atoms with Gasteiger partial charge in [0.05, 0.1) is 12.7 Å². The van der Waals surface area contributed by atoms with Crippen LogP contribution in [0, 0.1) is 0 Å². The number of hydrogen-bond donors (Lipinski definition) is 1. The van der Waals surface area contributed by atoms with Crippen molar-refractivity contribution in [3.05, 3.63) is 70.9 Å². The molecule has 2 heterocycles. The summed E-state index contributed by atoms with van der Waals surface area (Å²) in [7, 11) is 1.40. The largest absolute Gasteiger partial charge is 0.465 e. The van der Waals surface area contributed by atoms with Crippen LogP contribution in [0.4, 0.5) is 0 Å². The molecular formula is C20H21ClN2O2. The highest BCUT2D eigenvalue weighted by atomic mass is 35.5. The Kier molecular flexibility index (Phi) is 5.11. The minimum atomic E-state index is -0.297. The second kappa shape index (κ2) is 7.30. The molecule has 25 heavy (non-hydrogen) atoms. The molecular weight excluding hydrogens is 336 g/mol. The SMILES string of the molecule is COC(=O)c1ccc(Cn2c3c(c4ccccc42)CCNC3)cc1.Cl. The third-order valence-corrected chi connectivity index (χ3v) is 4.75. The van der Waals surface area contributed by atoms with E-state index in [1.54, 1.807) is 0 Å². The van der Waals surface area contributed by atoms with Crippen molar-refractivity contribution < 1.29 is 9.53 Å². The van der Waals surface area contributed by atoms with Crippen molar-refractivity contribution in [2.45, 2.75) is 19.5 Å². The first-order valence-electron chi connectivity index (χ1n) is 8.25. The number of ether oxygens (including phenoxy) is 1. The molecule has 0 unspecified atom stereocenters. The Hall–Kier alpha value is -2.30. The average molecular weight is 357 g/mol. The molecule has 3 aromatic rings. The van der Waals surface area contributed by atoms with Gasteiger partial charge in [-0.05, 0) is 42.3 Å². The van der Waals surface area contributed by atoms with E-state index >= 15 is 0 Å². The maximum atomic E-state index is 11.6. The number of rotatable bonds is 3. The summed E-state index contributed by atoms with van der Waals surface area (Å²) < 4.78 is 7.15. The van der Waals surface area contributed by atoms with Gasteiger partial charge in [0, 0.05) is 29.7 Å². The first kappa shape index (κ1) is 17.5. The van der Waals surface area contributed by atoms with Crippen LogP contribution in [0.25, 0.3) is 10.9 Å². The van der Waals surface area contributed by atoms with E-state index in [1.165, 1.54) is 34.8 Å². The zero-order valence-corrected chi connectivity index (χ0v) is 14.9. The Morgan fingerprint density at radius 2 is 1.92 bits per heavy atom. The number of carbonyl (C=O) groups excluding carboxylic acids is 1. The Morgan fingerprint density at radius 3 is 2.68 bits per heavy atom. The van der Waals surface area contributed by atoms with Crippen molar-refractivity contribution in [1.29, 1.82) is 0 Å². The van der Waals surface area contributed by atoms with Gasteiger partial charge in [0.2, 0.25) is 0 Å². The molecule has 0 amide bonds. The van der Waals surface area contributed by atoms with Gasteiger partial charge in [-0.15, -0.1) is 12.4 Å². The summed E-state index contributed by atoms with van der Waals surface area (Å²) in [5, 5.41) is 4.84. The number of nitrogens with one attached hydrogen (secondary N) is 1. The van der Waals surface area contributed by atoms with Gasteiger partial charge in [-0.3, -0.25) is 0 Å². The molecule has 4 rings (SSSR count). The van der Waals surface area contributed by atoms with Gasteiger partial charge >= 0.3 is 5.97 Å². The Morgan fingerprint density at radius 1 is 1.16 bits per heavy atom. The van der Waals surface area contributed by atoms with Gasteiger partial charge in [0.15, 0.2) is 0 Å². The fraction of sp³-hybridized carbons (Fsp3) is 0.250. The highest BCUT2D eigenvalue weighted by Gasteiger charge is 2.19. The number of para-hydroxylation sites is 1. The second-order valence-electron chi connectivity index (χ2n) is 6.14. The molecule has 0 saturated carbocycles. The molecule has 0 atom stereocenters. The maximum absolute atomic E-state index is 11.6. The minimum Gasteiger partial charge on any atom is -0.465 e. The first-order chi connectivity index (χ1) is 11.8.